The standard InChI is InChI=1S/C10H17NO5/c1-3-7(10-15-4-5-16-10)8(9(13)14)11-6(2)12/h7-8,10H,3-5H2,1-2H3,(H,11,12)(H,13,14). The summed E-state index contributed by atoms with van der Waals surface area (Å²) in [4.78, 5) is 22.0. The highest BCUT2D eigenvalue weighted by Gasteiger charge is 2.36. The molecule has 2 unspecified atom stereocenters. The van der Waals surface area contributed by atoms with Gasteiger partial charge in [-0.2, -0.15) is 0 Å². The fourth-order valence-corrected chi connectivity index (χ4v) is 1.78. The first-order chi connectivity index (χ1) is 7.56. The predicted molar refractivity (Wildman–Crippen MR) is 54.7 cm³/mol. The van der Waals surface area contributed by atoms with Gasteiger partial charge in [-0.15, -0.1) is 0 Å². The summed E-state index contributed by atoms with van der Waals surface area (Å²) in [5, 5.41) is 11.5. The number of amides is 1. The van der Waals surface area contributed by atoms with Crippen LogP contribution in [0.4, 0.5) is 0 Å². The molecular formula is C10H17NO5. The summed E-state index contributed by atoms with van der Waals surface area (Å²) in [6.45, 7) is 4.06. The molecule has 1 amide bonds. The SMILES string of the molecule is CCC(C1OCCO1)C(NC(C)=O)C(=O)O. The van der Waals surface area contributed by atoms with Gasteiger partial charge < -0.3 is 19.9 Å². The van der Waals surface area contributed by atoms with Crippen LogP contribution in [0.5, 0.6) is 0 Å². The fraction of sp³-hybridized carbons (Fsp3) is 0.800. The van der Waals surface area contributed by atoms with Crippen LogP contribution in [0.2, 0.25) is 0 Å². The van der Waals surface area contributed by atoms with Crippen molar-refractivity contribution in [1.29, 1.82) is 0 Å². The van der Waals surface area contributed by atoms with Crippen molar-refractivity contribution in [2.75, 3.05) is 13.2 Å². The van der Waals surface area contributed by atoms with Gasteiger partial charge in [0.1, 0.15) is 6.04 Å². The second kappa shape index (κ2) is 5.81. The second-order valence-electron chi connectivity index (χ2n) is 3.70. The van der Waals surface area contributed by atoms with Crippen molar-refractivity contribution >= 4 is 11.9 Å². The highest BCUT2D eigenvalue weighted by Crippen LogP contribution is 2.21. The Hall–Kier alpha value is -1.14. The monoisotopic (exact) mass is 231 g/mol. The Balaban J connectivity index is 2.71. The minimum absolute atomic E-state index is 0.371. The first kappa shape index (κ1) is 12.9. The summed E-state index contributed by atoms with van der Waals surface area (Å²) in [5.74, 6) is -1.81. The van der Waals surface area contributed by atoms with E-state index in [-0.39, 0.29) is 11.8 Å². The van der Waals surface area contributed by atoms with Crippen LogP contribution < -0.4 is 5.32 Å². The molecule has 0 aromatic rings. The van der Waals surface area contributed by atoms with Gasteiger partial charge in [-0.25, -0.2) is 4.79 Å². The van der Waals surface area contributed by atoms with Gasteiger partial charge in [0, 0.05) is 12.8 Å². The molecule has 0 aliphatic carbocycles. The summed E-state index contributed by atoms with van der Waals surface area (Å²) < 4.78 is 10.6. The van der Waals surface area contributed by atoms with Crippen molar-refractivity contribution in [2.45, 2.75) is 32.6 Å². The Bertz CT molecular complexity index is 262. The van der Waals surface area contributed by atoms with E-state index in [1.165, 1.54) is 6.92 Å². The fourth-order valence-electron chi connectivity index (χ4n) is 1.78. The molecule has 2 N–H and O–H groups in total. The lowest BCUT2D eigenvalue weighted by molar-refractivity contribution is -0.151. The van der Waals surface area contributed by atoms with Crippen LogP contribution in [0.25, 0.3) is 0 Å². The van der Waals surface area contributed by atoms with E-state index in [2.05, 4.69) is 5.32 Å². The summed E-state index contributed by atoms with van der Waals surface area (Å²) >= 11 is 0. The summed E-state index contributed by atoms with van der Waals surface area (Å²) in [7, 11) is 0. The Kier molecular flexibility index (Phi) is 4.70. The molecule has 0 aromatic heterocycles. The van der Waals surface area contributed by atoms with Gasteiger partial charge in [0.05, 0.1) is 13.2 Å². The number of carbonyl (C=O) groups excluding carboxylic acids is 1. The van der Waals surface area contributed by atoms with Gasteiger partial charge >= 0.3 is 5.97 Å². The number of hydrogen-bond donors (Lipinski definition) is 2. The summed E-state index contributed by atoms with van der Waals surface area (Å²) in [6.07, 6.45) is 0.0139. The molecule has 0 aromatic carbocycles. The molecule has 1 heterocycles. The molecule has 92 valence electrons. The Morgan fingerprint density at radius 3 is 2.38 bits per heavy atom. The van der Waals surface area contributed by atoms with Crippen LogP contribution in [0.15, 0.2) is 0 Å². The zero-order valence-electron chi connectivity index (χ0n) is 9.43. The summed E-state index contributed by atoms with van der Waals surface area (Å²) in [6, 6.07) is -0.967. The lowest BCUT2D eigenvalue weighted by atomic mass is 9.96. The molecule has 1 fully saturated rings. The van der Waals surface area contributed by atoms with E-state index in [9.17, 15) is 9.59 Å². The molecule has 6 heteroatoms. The number of nitrogens with one attached hydrogen (secondary N) is 1. The average molecular weight is 231 g/mol. The topological polar surface area (TPSA) is 84.9 Å². The van der Waals surface area contributed by atoms with Crippen LogP contribution in [0.3, 0.4) is 0 Å². The third kappa shape index (κ3) is 3.18. The number of rotatable bonds is 5. The first-order valence-corrected chi connectivity index (χ1v) is 5.29. The third-order valence-electron chi connectivity index (χ3n) is 2.52. The largest absolute Gasteiger partial charge is 0.480 e. The maximum atomic E-state index is 11.1. The predicted octanol–water partition coefficient (Wildman–Crippen LogP) is -0.0252. The van der Waals surface area contributed by atoms with Crippen LogP contribution in [0, 0.1) is 5.92 Å². The number of carboxylic acids is 1. The van der Waals surface area contributed by atoms with Gasteiger partial charge in [-0.05, 0) is 6.42 Å². The first-order valence-electron chi connectivity index (χ1n) is 5.29. The highest BCUT2D eigenvalue weighted by atomic mass is 16.7. The zero-order valence-corrected chi connectivity index (χ0v) is 9.43. The molecular weight excluding hydrogens is 214 g/mol. The maximum Gasteiger partial charge on any atom is 0.326 e. The maximum absolute atomic E-state index is 11.1. The zero-order chi connectivity index (χ0) is 12.1. The molecule has 1 saturated heterocycles. The molecule has 1 aliphatic rings. The molecule has 0 saturated carbocycles. The average Bonchev–Trinajstić information content (AvgIpc) is 2.70. The van der Waals surface area contributed by atoms with E-state index < -0.39 is 18.3 Å². The van der Waals surface area contributed by atoms with Crippen molar-refractivity contribution in [2.24, 2.45) is 5.92 Å². The molecule has 2 atom stereocenters. The lowest BCUT2D eigenvalue weighted by Gasteiger charge is -2.27. The van der Waals surface area contributed by atoms with E-state index >= 15 is 0 Å². The number of hydrogen-bond acceptors (Lipinski definition) is 4. The van der Waals surface area contributed by atoms with Crippen LogP contribution >= 0.6 is 0 Å². The van der Waals surface area contributed by atoms with E-state index in [1.54, 1.807) is 0 Å². The van der Waals surface area contributed by atoms with Gasteiger partial charge in [-0.1, -0.05) is 6.92 Å². The van der Waals surface area contributed by atoms with Crippen molar-refractivity contribution < 1.29 is 24.2 Å². The van der Waals surface area contributed by atoms with E-state index in [0.29, 0.717) is 19.6 Å². The molecule has 6 nitrogen and oxygen atoms in total. The van der Waals surface area contributed by atoms with Crippen molar-refractivity contribution in [1.82, 2.24) is 5.32 Å². The molecule has 0 radical (unpaired) electrons. The number of carboxylic acid groups (broad SMARTS) is 1. The van der Waals surface area contributed by atoms with E-state index in [1.807, 2.05) is 6.92 Å². The van der Waals surface area contributed by atoms with E-state index in [4.69, 9.17) is 14.6 Å². The number of ether oxygens (including phenoxy) is 2. The van der Waals surface area contributed by atoms with Crippen molar-refractivity contribution in [3.05, 3.63) is 0 Å². The minimum atomic E-state index is -1.07. The summed E-state index contributed by atoms with van der Waals surface area (Å²) in [5.41, 5.74) is 0. The Morgan fingerprint density at radius 2 is 2.00 bits per heavy atom. The molecule has 1 aliphatic heterocycles. The third-order valence-corrected chi connectivity index (χ3v) is 2.52. The number of carbonyl (C=O) groups is 2. The lowest BCUT2D eigenvalue weighted by Crippen LogP contribution is -2.49. The van der Waals surface area contributed by atoms with Gasteiger partial charge in [0.25, 0.3) is 0 Å². The van der Waals surface area contributed by atoms with Crippen LogP contribution in [-0.2, 0) is 19.1 Å². The van der Waals surface area contributed by atoms with Crippen LogP contribution in [0.1, 0.15) is 20.3 Å². The van der Waals surface area contributed by atoms with Gasteiger partial charge in [0.15, 0.2) is 6.29 Å². The minimum Gasteiger partial charge on any atom is -0.480 e. The van der Waals surface area contributed by atoms with Crippen molar-refractivity contribution in [3.63, 3.8) is 0 Å². The van der Waals surface area contributed by atoms with Crippen molar-refractivity contribution in [3.8, 4) is 0 Å². The van der Waals surface area contributed by atoms with Gasteiger partial charge in [0.2, 0.25) is 5.91 Å². The smallest absolute Gasteiger partial charge is 0.326 e. The molecule has 16 heavy (non-hydrogen) atoms. The second-order valence-corrected chi connectivity index (χ2v) is 3.70. The molecule has 0 spiro atoms. The number of aliphatic carboxylic acids is 1. The van der Waals surface area contributed by atoms with Gasteiger partial charge in [-0.3, -0.25) is 4.79 Å². The molecule has 1 rings (SSSR count). The normalized spacial score (nSPS) is 20.4. The molecule has 0 bridgehead atoms. The van der Waals surface area contributed by atoms with E-state index in [0.717, 1.165) is 0 Å². The van der Waals surface area contributed by atoms with Crippen LogP contribution in [-0.4, -0.2) is 42.5 Å². The highest BCUT2D eigenvalue weighted by molar-refractivity contribution is 5.82. The Morgan fingerprint density at radius 1 is 1.44 bits per heavy atom. The Labute approximate surface area is 93.9 Å². The quantitative estimate of drug-likeness (QED) is 0.694.